The number of amides is 2. The number of thioether (sulfide) groups is 1. The van der Waals surface area contributed by atoms with Gasteiger partial charge in [-0.25, -0.2) is 0 Å². The highest BCUT2D eigenvalue weighted by Crippen LogP contribution is 2.33. The summed E-state index contributed by atoms with van der Waals surface area (Å²) in [5.41, 5.74) is 1.15. The van der Waals surface area contributed by atoms with Crippen LogP contribution in [0, 0.1) is 0 Å². The Morgan fingerprint density at radius 1 is 1.25 bits per heavy atom. The summed E-state index contributed by atoms with van der Waals surface area (Å²) in [6.07, 6.45) is 8.55. The van der Waals surface area contributed by atoms with Gasteiger partial charge in [-0.3, -0.25) is 9.59 Å². The maximum absolute atomic E-state index is 12.4. The molecule has 2 amide bonds. The summed E-state index contributed by atoms with van der Waals surface area (Å²) in [7, 11) is 0. The molecule has 0 saturated heterocycles. The lowest BCUT2D eigenvalue weighted by Gasteiger charge is -2.16. The average Bonchev–Trinajstić information content (AvgIpc) is 3.33. The molecule has 0 atom stereocenters. The zero-order chi connectivity index (χ0) is 19.9. The van der Waals surface area contributed by atoms with E-state index in [1.54, 1.807) is 36.0 Å². The normalized spacial score (nSPS) is 14.2. The lowest BCUT2D eigenvalue weighted by molar-refractivity contribution is -0.114. The first-order valence-electron chi connectivity index (χ1n) is 9.72. The number of carbonyl (C=O) groups is 2. The average molecular weight is 402 g/mol. The molecule has 0 bridgehead atoms. The summed E-state index contributed by atoms with van der Waals surface area (Å²) in [6.45, 7) is 2.01. The van der Waals surface area contributed by atoms with Gasteiger partial charge in [0, 0.05) is 37.2 Å². The smallest absolute Gasteiger partial charge is 0.251 e. The van der Waals surface area contributed by atoms with Gasteiger partial charge in [-0.15, -0.1) is 10.2 Å². The van der Waals surface area contributed by atoms with Gasteiger partial charge < -0.3 is 15.2 Å². The number of rotatable bonds is 8. The lowest BCUT2D eigenvalue weighted by Crippen LogP contribution is -2.25. The van der Waals surface area contributed by atoms with Crippen LogP contribution in [0.3, 0.4) is 0 Å². The molecule has 0 spiro atoms. The second-order valence-electron chi connectivity index (χ2n) is 7.03. The summed E-state index contributed by atoms with van der Waals surface area (Å²) in [6, 6.07) is 7.45. The van der Waals surface area contributed by atoms with Gasteiger partial charge in [-0.2, -0.15) is 0 Å². The van der Waals surface area contributed by atoms with E-state index < -0.39 is 0 Å². The molecule has 1 fully saturated rings. The van der Waals surface area contributed by atoms with Crippen molar-refractivity contribution in [2.75, 3.05) is 18.1 Å². The van der Waals surface area contributed by atoms with Gasteiger partial charge in [0.2, 0.25) is 5.91 Å². The third-order valence-electron chi connectivity index (χ3n) is 4.92. The van der Waals surface area contributed by atoms with Gasteiger partial charge in [0.15, 0.2) is 5.16 Å². The molecule has 8 heteroatoms. The predicted octanol–water partition coefficient (Wildman–Crippen LogP) is 3.44. The van der Waals surface area contributed by atoms with E-state index in [1.165, 1.54) is 32.6 Å². The zero-order valence-corrected chi connectivity index (χ0v) is 17.2. The van der Waals surface area contributed by atoms with Crippen molar-refractivity contribution in [3.8, 4) is 0 Å². The van der Waals surface area contributed by atoms with Crippen molar-refractivity contribution in [1.82, 2.24) is 20.1 Å². The highest BCUT2D eigenvalue weighted by Gasteiger charge is 2.23. The van der Waals surface area contributed by atoms with Gasteiger partial charge in [-0.1, -0.05) is 30.7 Å². The number of aryl methyl sites for hydroxylation is 1. The quantitative estimate of drug-likeness (QED) is 0.522. The molecule has 1 heterocycles. The summed E-state index contributed by atoms with van der Waals surface area (Å²) < 4.78 is 2.30. The first kappa shape index (κ1) is 20.4. The number of aromatic nitrogens is 3. The molecule has 1 aromatic carbocycles. The maximum Gasteiger partial charge on any atom is 0.251 e. The largest absolute Gasteiger partial charge is 0.352 e. The second kappa shape index (κ2) is 9.73. The van der Waals surface area contributed by atoms with Crippen molar-refractivity contribution in [3.63, 3.8) is 0 Å². The SMILES string of the molecule is CSc1nnc(CCCNC(=O)c2cccc(NC(C)=O)c2)n1C1CCCC1. The molecule has 28 heavy (non-hydrogen) atoms. The van der Waals surface area contributed by atoms with E-state index in [0.717, 1.165) is 23.8 Å². The fraction of sp³-hybridized carbons (Fsp3) is 0.500. The van der Waals surface area contributed by atoms with Crippen molar-refractivity contribution < 1.29 is 9.59 Å². The Morgan fingerprint density at radius 3 is 2.75 bits per heavy atom. The van der Waals surface area contributed by atoms with E-state index in [0.29, 0.717) is 23.8 Å². The highest BCUT2D eigenvalue weighted by atomic mass is 32.2. The predicted molar refractivity (Wildman–Crippen MR) is 111 cm³/mol. The number of nitrogens with zero attached hydrogens (tertiary/aromatic N) is 3. The van der Waals surface area contributed by atoms with E-state index in [9.17, 15) is 9.59 Å². The van der Waals surface area contributed by atoms with Crippen LogP contribution in [-0.2, 0) is 11.2 Å². The van der Waals surface area contributed by atoms with Crippen LogP contribution in [0.15, 0.2) is 29.4 Å². The molecule has 1 aromatic heterocycles. The molecule has 3 rings (SSSR count). The monoisotopic (exact) mass is 401 g/mol. The molecular formula is C20H27N5O2S. The maximum atomic E-state index is 12.4. The molecule has 0 aliphatic heterocycles. The Balaban J connectivity index is 1.53. The van der Waals surface area contributed by atoms with Crippen LogP contribution in [0.25, 0.3) is 0 Å². The molecule has 0 radical (unpaired) electrons. The van der Waals surface area contributed by atoms with Crippen LogP contribution in [0.2, 0.25) is 0 Å². The van der Waals surface area contributed by atoms with Gasteiger partial charge in [-0.05, 0) is 43.7 Å². The van der Waals surface area contributed by atoms with Crippen LogP contribution in [0.5, 0.6) is 0 Å². The Morgan fingerprint density at radius 2 is 2.04 bits per heavy atom. The number of hydrogen-bond acceptors (Lipinski definition) is 5. The minimum atomic E-state index is -0.159. The van der Waals surface area contributed by atoms with E-state index in [1.807, 2.05) is 6.26 Å². The van der Waals surface area contributed by atoms with Crippen molar-refractivity contribution in [2.24, 2.45) is 0 Å². The summed E-state index contributed by atoms with van der Waals surface area (Å²) in [5.74, 6) is 0.709. The van der Waals surface area contributed by atoms with Gasteiger partial charge in [0.05, 0.1) is 0 Å². The standard InChI is InChI=1S/C20H27N5O2S/c1-14(26)22-16-8-5-7-15(13-16)19(27)21-12-6-11-18-23-24-20(28-2)25(18)17-9-3-4-10-17/h5,7-8,13,17H,3-4,6,9-12H2,1-2H3,(H,21,27)(H,22,26). The minimum absolute atomic E-state index is 0.144. The van der Waals surface area contributed by atoms with E-state index in [2.05, 4.69) is 25.4 Å². The van der Waals surface area contributed by atoms with Crippen molar-refractivity contribution in [1.29, 1.82) is 0 Å². The van der Waals surface area contributed by atoms with Crippen LogP contribution in [0.4, 0.5) is 5.69 Å². The second-order valence-corrected chi connectivity index (χ2v) is 7.81. The van der Waals surface area contributed by atoms with Crippen LogP contribution < -0.4 is 10.6 Å². The first-order valence-corrected chi connectivity index (χ1v) is 10.9. The lowest BCUT2D eigenvalue weighted by atomic mass is 10.2. The van der Waals surface area contributed by atoms with Crippen LogP contribution >= 0.6 is 11.8 Å². The van der Waals surface area contributed by atoms with Crippen LogP contribution in [0.1, 0.15) is 61.3 Å². The minimum Gasteiger partial charge on any atom is -0.352 e. The fourth-order valence-electron chi connectivity index (χ4n) is 3.64. The molecule has 1 saturated carbocycles. The topological polar surface area (TPSA) is 88.9 Å². The molecule has 2 aromatic rings. The van der Waals surface area contributed by atoms with E-state index >= 15 is 0 Å². The zero-order valence-electron chi connectivity index (χ0n) is 16.4. The Labute approximate surface area is 169 Å². The molecule has 1 aliphatic rings. The summed E-state index contributed by atoms with van der Waals surface area (Å²) in [4.78, 5) is 23.5. The fourth-order valence-corrected chi connectivity index (χ4v) is 4.21. The van der Waals surface area contributed by atoms with E-state index in [-0.39, 0.29) is 11.8 Å². The number of benzene rings is 1. The number of hydrogen-bond donors (Lipinski definition) is 2. The Kier molecular flexibility index (Phi) is 7.08. The molecule has 1 aliphatic carbocycles. The van der Waals surface area contributed by atoms with Gasteiger partial charge >= 0.3 is 0 Å². The summed E-state index contributed by atoms with van der Waals surface area (Å²) >= 11 is 1.64. The van der Waals surface area contributed by atoms with Gasteiger partial charge in [0.1, 0.15) is 5.82 Å². The molecule has 0 unspecified atom stereocenters. The molecule has 150 valence electrons. The number of carbonyl (C=O) groups excluding carboxylic acids is 2. The third-order valence-corrected chi connectivity index (χ3v) is 5.56. The Bertz CT molecular complexity index is 830. The van der Waals surface area contributed by atoms with Crippen molar-refractivity contribution >= 4 is 29.3 Å². The van der Waals surface area contributed by atoms with Crippen LogP contribution in [-0.4, -0.2) is 39.4 Å². The molecular weight excluding hydrogens is 374 g/mol. The number of nitrogens with one attached hydrogen (secondary N) is 2. The van der Waals surface area contributed by atoms with Crippen molar-refractivity contribution in [2.45, 2.75) is 56.6 Å². The molecule has 7 nitrogen and oxygen atoms in total. The Hall–Kier alpha value is -2.35. The summed E-state index contributed by atoms with van der Waals surface area (Å²) in [5, 5.41) is 15.3. The molecule has 2 N–H and O–H groups in total. The number of anilines is 1. The first-order chi connectivity index (χ1) is 13.6. The van der Waals surface area contributed by atoms with Gasteiger partial charge in [0.25, 0.3) is 5.91 Å². The van der Waals surface area contributed by atoms with Crippen molar-refractivity contribution in [3.05, 3.63) is 35.7 Å². The third kappa shape index (κ3) is 5.13. The van der Waals surface area contributed by atoms with E-state index in [4.69, 9.17) is 0 Å². The highest BCUT2D eigenvalue weighted by molar-refractivity contribution is 7.98.